The van der Waals surface area contributed by atoms with E-state index in [0.717, 1.165) is 34.0 Å². The largest absolute Gasteiger partial charge is 0.481 e. The molecule has 0 aliphatic heterocycles. The Morgan fingerprint density at radius 1 is 1.12 bits per heavy atom. The predicted octanol–water partition coefficient (Wildman–Crippen LogP) is 4.66. The van der Waals surface area contributed by atoms with Crippen LogP contribution in [0.2, 0.25) is 0 Å². The van der Waals surface area contributed by atoms with Gasteiger partial charge in [-0.1, -0.05) is 49.4 Å². The highest BCUT2D eigenvalue weighted by molar-refractivity contribution is 5.81. The molecule has 0 aliphatic carbocycles. The van der Waals surface area contributed by atoms with Crippen LogP contribution in [-0.2, 0) is 12.8 Å². The first-order valence-corrected chi connectivity index (χ1v) is 8.16. The molecule has 1 unspecified atom stereocenters. The fourth-order valence-electron chi connectivity index (χ4n) is 2.94. The fourth-order valence-corrected chi connectivity index (χ4v) is 2.94. The van der Waals surface area contributed by atoms with Crippen molar-refractivity contribution in [3.05, 3.63) is 71.3 Å². The van der Waals surface area contributed by atoms with Crippen molar-refractivity contribution in [2.75, 3.05) is 7.11 Å². The Kier molecular flexibility index (Phi) is 4.77. The summed E-state index contributed by atoms with van der Waals surface area (Å²) in [5, 5.41) is 10.7. The molecule has 3 aromatic rings. The van der Waals surface area contributed by atoms with Crippen molar-refractivity contribution in [1.29, 1.82) is 5.26 Å². The lowest BCUT2D eigenvalue weighted by Crippen LogP contribution is -2.01. The molecule has 3 heteroatoms. The van der Waals surface area contributed by atoms with Crippen LogP contribution < -0.4 is 4.74 Å². The third kappa shape index (κ3) is 3.23. The molecule has 1 aromatic heterocycles. The second kappa shape index (κ2) is 7.14. The molecule has 0 aliphatic rings. The molecule has 3 rings (SSSR count). The average molecular weight is 316 g/mol. The van der Waals surface area contributed by atoms with E-state index >= 15 is 0 Å². The molecular formula is C21H20N2O. The van der Waals surface area contributed by atoms with Gasteiger partial charge in [-0.2, -0.15) is 5.26 Å². The number of aryl methyl sites for hydroxylation is 1. The molecule has 24 heavy (non-hydrogen) atoms. The summed E-state index contributed by atoms with van der Waals surface area (Å²) in [6, 6.07) is 20.7. The van der Waals surface area contributed by atoms with E-state index in [1.165, 1.54) is 0 Å². The molecular weight excluding hydrogens is 296 g/mol. The number of hydrogen-bond donors (Lipinski definition) is 0. The molecule has 0 spiro atoms. The lowest BCUT2D eigenvalue weighted by Gasteiger charge is -2.12. The Hall–Kier alpha value is -2.86. The molecule has 2 aromatic carbocycles. The first-order chi connectivity index (χ1) is 11.7. The number of rotatable bonds is 5. The maximum atomic E-state index is 9.60. The van der Waals surface area contributed by atoms with Crippen LogP contribution in [0.5, 0.6) is 5.88 Å². The van der Waals surface area contributed by atoms with Gasteiger partial charge in [-0.3, -0.25) is 0 Å². The normalized spacial score (nSPS) is 11.9. The summed E-state index contributed by atoms with van der Waals surface area (Å²) in [6.45, 7) is 2.09. The van der Waals surface area contributed by atoms with Gasteiger partial charge in [-0.25, -0.2) is 4.98 Å². The number of nitriles is 1. The summed E-state index contributed by atoms with van der Waals surface area (Å²) in [4.78, 5) is 4.62. The lowest BCUT2D eigenvalue weighted by atomic mass is 9.92. The van der Waals surface area contributed by atoms with E-state index in [-0.39, 0.29) is 5.92 Å². The third-order valence-corrected chi connectivity index (χ3v) is 4.30. The van der Waals surface area contributed by atoms with Crippen LogP contribution in [0.3, 0.4) is 0 Å². The smallest absolute Gasteiger partial charge is 0.216 e. The van der Waals surface area contributed by atoms with Crippen LogP contribution in [0.1, 0.15) is 29.5 Å². The van der Waals surface area contributed by atoms with E-state index in [1.54, 1.807) is 7.11 Å². The van der Waals surface area contributed by atoms with Crippen molar-refractivity contribution in [1.82, 2.24) is 4.98 Å². The van der Waals surface area contributed by atoms with E-state index < -0.39 is 0 Å². The molecule has 1 atom stereocenters. The summed E-state index contributed by atoms with van der Waals surface area (Å²) < 4.78 is 5.39. The van der Waals surface area contributed by atoms with Crippen molar-refractivity contribution in [2.45, 2.75) is 25.7 Å². The number of hydrogen-bond acceptors (Lipinski definition) is 3. The van der Waals surface area contributed by atoms with Gasteiger partial charge < -0.3 is 4.74 Å². The van der Waals surface area contributed by atoms with Crippen LogP contribution in [0.25, 0.3) is 10.9 Å². The van der Waals surface area contributed by atoms with Crippen LogP contribution in [0.4, 0.5) is 0 Å². The molecule has 120 valence electrons. The van der Waals surface area contributed by atoms with Crippen molar-refractivity contribution in [2.24, 2.45) is 0 Å². The third-order valence-electron chi connectivity index (χ3n) is 4.30. The minimum Gasteiger partial charge on any atom is -0.481 e. The van der Waals surface area contributed by atoms with Crippen molar-refractivity contribution in [3.8, 4) is 11.9 Å². The van der Waals surface area contributed by atoms with Gasteiger partial charge in [-0.15, -0.1) is 0 Å². The van der Waals surface area contributed by atoms with Gasteiger partial charge in [0.15, 0.2) is 0 Å². The van der Waals surface area contributed by atoms with Gasteiger partial charge in [0.25, 0.3) is 0 Å². The summed E-state index contributed by atoms with van der Waals surface area (Å²) in [5.74, 6) is 0.481. The minimum atomic E-state index is -0.185. The second-order valence-electron chi connectivity index (χ2n) is 5.83. The Balaban J connectivity index is 1.98. The van der Waals surface area contributed by atoms with Gasteiger partial charge in [0.2, 0.25) is 5.88 Å². The van der Waals surface area contributed by atoms with Crippen molar-refractivity contribution in [3.63, 3.8) is 0 Å². The zero-order valence-electron chi connectivity index (χ0n) is 14.0. The summed E-state index contributed by atoms with van der Waals surface area (Å²) in [5.41, 5.74) is 4.12. The van der Waals surface area contributed by atoms with Crippen molar-refractivity contribution < 1.29 is 4.74 Å². The number of ether oxygens (including phenoxy) is 1. The summed E-state index contributed by atoms with van der Waals surface area (Å²) >= 11 is 0. The number of aromatic nitrogens is 1. The highest BCUT2D eigenvalue weighted by Gasteiger charge is 2.13. The van der Waals surface area contributed by atoms with Gasteiger partial charge in [0.05, 0.1) is 24.6 Å². The van der Waals surface area contributed by atoms with E-state index in [9.17, 15) is 5.26 Å². The van der Waals surface area contributed by atoms with Gasteiger partial charge in [0.1, 0.15) is 0 Å². The predicted molar refractivity (Wildman–Crippen MR) is 96.2 cm³/mol. The maximum absolute atomic E-state index is 9.60. The number of nitrogens with zero attached hydrogens (tertiary/aromatic N) is 2. The molecule has 3 nitrogen and oxygen atoms in total. The molecule has 0 N–H and O–H groups in total. The first kappa shape index (κ1) is 16.0. The lowest BCUT2D eigenvalue weighted by molar-refractivity contribution is 0.395. The van der Waals surface area contributed by atoms with E-state index in [0.29, 0.717) is 12.3 Å². The maximum Gasteiger partial charge on any atom is 0.216 e. The molecule has 0 amide bonds. The molecule has 0 bridgehead atoms. The molecule has 1 heterocycles. The zero-order chi connectivity index (χ0) is 16.9. The van der Waals surface area contributed by atoms with E-state index in [2.05, 4.69) is 36.2 Å². The summed E-state index contributed by atoms with van der Waals surface area (Å²) in [6.07, 6.45) is 1.58. The molecule has 0 radical (unpaired) electrons. The number of benzene rings is 2. The first-order valence-electron chi connectivity index (χ1n) is 8.16. The number of pyridine rings is 1. The zero-order valence-corrected chi connectivity index (χ0v) is 14.0. The standard InChI is InChI=1S/C21H20N2O/c1-3-16-12-18-10-9-17(13-20(18)23-21(16)24-2)19(14-22)11-15-7-5-4-6-8-15/h4-10,12-13,19H,3,11H2,1-2H3. The Morgan fingerprint density at radius 2 is 1.92 bits per heavy atom. The van der Waals surface area contributed by atoms with Crippen molar-refractivity contribution >= 4 is 10.9 Å². The minimum absolute atomic E-state index is 0.185. The van der Waals surface area contributed by atoms with Crippen LogP contribution in [-0.4, -0.2) is 12.1 Å². The molecule has 0 saturated carbocycles. The van der Waals surface area contributed by atoms with Crippen LogP contribution >= 0.6 is 0 Å². The second-order valence-corrected chi connectivity index (χ2v) is 5.83. The van der Waals surface area contributed by atoms with E-state index in [4.69, 9.17) is 4.74 Å². The quantitative estimate of drug-likeness (QED) is 0.688. The Labute approximate surface area is 142 Å². The highest BCUT2D eigenvalue weighted by atomic mass is 16.5. The Bertz CT molecular complexity index is 881. The van der Waals surface area contributed by atoms with Gasteiger partial charge >= 0.3 is 0 Å². The summed E-state index contributed by atoms with van der Waals surface area (Å²) in [7, 11) is 1.64. The SMILES string of the molecule is CCc1cc2ccc(C(C#N)Cc3ccccc3)cc2nc1OC. The van der Waals surface area contributed by atoms with Gasteiger partial charge in [-0.05, 0) is 36.1 Å². The van der Waals surface area contributed by atoms with Crippen LogP contribution in [0.15, 0.2) is 54.6 Å². The number of methoxy groups -OCH3 is 1. The monoisotopic (exact) mass is 316 g/mol. The Morgan fingerprint density at radius 3 is 2.58 bits per heavy atom. The topological polar surface area (TPSA) is 45.9 Å². The molecule has 0 saturated heterocycles. The highest BCUT2D eigenvalue weighted by Crippen LogP contribution is 2.27. The average Bonchev–Trinajstić information content (AvgIpc) is 2.65. The number of fused-ring (bicyclic) bond motifs is 1. The van der Waals surface area contributed by atoms with Crippen LogP contribution in [0, 0.1) is 11.3 Å². The molecule has 0 fully saturated rings. The fraction of sp³-hybridized carbons (Fsp3) is 0.238. The van der Waals surface area contributed by atoms with Gasteiger partial charge in [0, 0.05) is 10.9 Å². The van der Waals surface area contributed by atoms with E-state index in [1.807, 2.05) is 36.4 Å².